The molecule has 0 aromatic heterocycles. The van der Waals surface area contributed by atoms with Gasteiger partial charge in [-0.2, -0.15) is 8.78 Å². The second-order valence-corrected chi connectivity index (χ2v) is 4.34. The normalized spacial score (nSPS) is 14.6. The van der Waals surface area contributed by atoms with Crippen LogP contribution in [-0.2, 0) is 11.2 Å². The fourth-order valence-electron chi connectivity index (χ4n) is 1.66. The maximum Gasteiger partial charge on any atom is 0.387 e. The molecule has 1 saturated carbocycles. The van der Waals surface area contributed by atoms with E-state index in [1.54, 1.807) is 12.1 Å². The van der Waals surface area contributed by atoms with E-state index in [1.807, 2.05) is 0 Å². The van der Waals surface area contributed by atoms with Gasteiger partial charge in [-0.3, -0.25) is 4.79 Å². The molecule has 1 amide bonds. The second-order valence-electron chi connectivity index (χ2n) is 4.34. The molecule has 1 aromatic carbocycles. The predicted octanol–water partition coefficient (Wildman–Crippen LogP) is 2.36. The Balaban J connectivity index is 1.73. The number of carbonyl (C=O) groups is 1. The molecule has 0 bridgehead atoms. The van der Waals surface area contributed by atoms with Crippen LogP contribution in [0.5, 0.6) is 5.75 Å². The number of nitrogens with one attached hydrogen (secondary N) is 1. The zero-order valence-corrected chi connectivity index (χ0v) is 9.86. The van der Waals surface area contributed by atoms with Crippen LogP contribution in [0.3, 0.4) is 0 Å². The van der Waals surface area contributed by atoms with Crippen LogP contribution in [0.25, 0.3) is 0 Å². The van der Waals surface area contributed by atoms with Crippen molar-refractivity contribution in [3.8, 4) is 5.75 Å². The monoisotopic (exact) mass is 255 g/mol. The summed E-state index contributed by atoms with van der Waals surface area (Å²) < 4.78 is 28.1. The summed E-state index contributed by atoms with van der Waals surface area (Å²) in [6.45, 7) is -2.22. The summed E-state index contributed by atoms with van der Waals surface area (Å²) in [6.07, 6.45) is 2.67. The van der Waals surface area contributed by atoms with E-state index >= 15 is 0 Å². The second kappa shape index (κ2) is 5.80. The van der Waals surface area contributed by atoms with Crippen LogP contribution in [0.2, 0.25) is 0 Å². The van der Waals surface area contributed by atoms with Crippen LogP contribution in [0.1, 0.15) is 18.4 Å². The number of rotatable bonds is 6. The Bertz CT molecular complexity index is 402. The van der Waals surface area contributed by atoms with Crippen molar-refractivity contribution in [2.45, 2.75) is 25.9 Å². The Morgan fingerprint density at radius 3 is 2.56 bits per heavy atom. The lowest BCUT2D eigenvalue weighted by Crippen LogP contribution is -2.26. The van der Waals surface area contributed by atoms with Crippen molar-refractivity contribution in [1.29, 1.82) is 0 Å². The molecule has 1 aliphatic carbocycles. The van der Waals surface area contributed by atoms with E-state index in [0.717, 1.165) is 18.4 Å². The predicted molar refractivity (Wildman–Crippen MR) is 62.5 cm³/mol. The van der Waals surface area contributed by atoms with Gasteiger partial charge in [0, 0.05) is 12.5 Å². The topological polar surface area (TPSA) is 38.3 Å². The first-order valence-corrected chi connectivity index (χ1v) is 5.96. The van der Waals surface area contributed by atoms with Gasteiger partial charge in [-0.15, -0.1) is 0 Å². The average Bonchev–Trinajstić information content (AvgIpc) is 3.14. The minimum atomic E-state index is -2.80. The first kappa shape index (κ1) is 12.8. The van der Waals surface area contributed by atoms with E-state index < -0.39 is 6.61 Å². The molecule has 98 valence electrons. The Kier molecular flexibility index (Phi) is 4.12. The molecule has 0 unspecified atom stereocenters. The summed E-state index contributed by atoms with van der Waals surface area (Å²) in [5.41, 5.74) is 0.979. The molecule has 0 saturated heterocycles. The maximum absolute atomic E-state index is 11.9. The van der Waals surface area contributed by atoms with E-state index in [9.17, 15) is 13.6 Å². The highest BCUT2D eigenvalue weighted by Gasteiger charge is 2.28. The lowest BCUT2D eigenvalue weighted by molar-refractivity contribution is -0.122. The van der Waals surface area contributed by atoms with Crippen molar-refractivity contribution in [3.05, 3.63) is 29.8 Å². The number of carbonyl (C=O) groups excluding carboxylic acids is 1. The summed E-state index contributed by atoms with van der Waals surface area (Å²) in [5.74, 6) is 0.482. The van der Waals surface area contributed by atoms with E-state index in [1.165, 1.54) is 12.1 Å². The first-order valence-electron chi connectivity index (χ1n) is 5.96. The molecule has 1 aromatic rings. The number of hydrogen-bond acceptors (Lipinski definition) is 2. The number of ether oxygens (including phenoxy) is 1. The van der Waals surface area contributed by atoms with Crippen molar-refractivity contribution in [1.82, 2.24) is 5.32 Å². The van der Waals surface area contributed by atoms with Crippen molar-refractivity contribution in [3.63, 3.8) is 0 Å². The van der Waals surface area contributed by atoms with Crippen LogP contribution in [-0.4, -0.2) is 19.1 Å². The molecule has 0 spiro atoms. The van der Waals surface area contributed by atoms with Crippen molar-refractivity contribution in [2.24, 2.45) is 5.92 Å². The van der Waals surface area contributed by atoms with Crippen LogP contribution in [0, 0.1) is 5.92 Å². The number of hydrogen-bond donors (Lipinski definition) is 1. The van der Waals surface area contributed by atoms with E-state index in [4.69, 9.17) is 0 Å². The highest BCUT2D eigenvalue weighted by atomic mass is 19.3. The molecule has 1 aliphatic rings. The van der Waals surface area contributed by atoms with E-state index in [0.29, 0.717) is 13.0 Å². The summed E-state index contributed by atoms with van der Waals surface area (Å²) in [4.78, 5) is 11.4. The molecule has 0 radical (unpaired) electrons. The summed E-state index contributed by atoms with van der Waals surface area (Å²) >= 11 is 0. The zero-order chi connectivity index (χ0) is 13.0. The maximum atomic E-state index is 11.9. The van der Waals surface area contributed by atoms with Gasteiger partial charge in [0.25, 0.3) is 0 Å². The standard InChI is InChI=1S/C13H15F2NO2/c14-13(15)18-11-5-1-9(2-6-11)7-8-16-12(17)10-3-4-10/h1-2,5-6,10,13H,3-4,7-8H2,(H,16,17). The molecule has 5 heteroatoms. The van der Waals surface area contributed by atoms with E-state index in [-0.39, 0.29) is 17.6 Å². The van der Waals surface area contributed by atoms with Crippen LogP contribution in [0.15, 0.2) is 24.3 Å². The van der Waals surface area contributed by atoms with E-state index in [2.05, 4.69) is 10.1 Å². The lowest BCUT2D eigenvalue weighted by atomic mass is 10.1. The zero-order valence-electron chi connectivity index (χ0n) is 9.86. The summed E-state index contributed by atoms with van der Waals surface area (Å²) in [7, 11) is 0. The third-order valence-electron chi connectivity index (χ3n) is 2.81. The molecule has 3 nitrogen and oxygen atoms in total. The molecule has 1 fully saturated rings. The first-order chi connectivity index (χ1) is 8.65. The minimum Gasteiger partial charge on any atom is -0.435 e. The third kappa shape index (κ3) is 3.98. The molecule has 0 heterocycles. The molecule has 18 heavy (non-hydrogen) atoms. The summed E-state index contributed by atoms with van der Waals surface area (Å²) in [5, 5.41) is 2.85. The highest BCUT2D eigenvalue weighted by molar-refractivity contribution is 5.80. The third-order valence-corrected chi connectivity index (χ3v) is 2.81. The quantitative estimate of drug-likeness (QED) is 0.847. The van der Waals surface area contributed by atoms with Gasteiger partial charge >= 0.3 is 6.61 Å². The Morgan fingerprint density at radius 2 is 2.00 bits per heavy atom. The van der Waals surface area contributed by atoms with Crippen molar-refractivity contribution in [2.75, 3.05) is 6.54 Å². The Morgan fingerprint density at radius 1 is 1.33 bits per heavy atom. The molecule has 0 atom stereocenters. The van der Waals surface area contributed by atoms with Gasteiger partial charge in [0.2, 0.25) is 5.91 Å². The fourth-order valence-corrected chi connectivity index (χ4v) is 1.66. The Hall–Kier alpha value is -1.65. The van der Waals surface area contributed by atoms with Gasteiger partial charge in [-0.25, -0.2) is 0 Å². The molecule has 2 rings (SSSR count). The largest absolute Gasteiger partial charge is 0.435 e. The fraction of sp³-hybridized carbons (Fsp3) is 0.462. The van der Waals surface area contributed by atoms with Gasteiger partial charge in [-0.1, -0.05) is 12.1 Å². The number of halogens is 2. The van der Waals surface area contributed by atoms with Gasteiger partial charge in [0.1, 0.15) is 5.75 Å². The van der Waals surface area contributed by atoms with Crippen LogP contribution in [0.4, 0.5) is 8.78 Å². The van der Waals surface area contributed by atoms with Crippen molar-refractivity contribution < 1.29 is 18.3 Å². The molecular formula is C13H15F2NO2. The van der Waals surface area contributed by atoms with Gasteiger partial charge in [0.15, 0.2) is 0 Å². The highest BCUT2D eigenvalue weighted by Crippen LogP contribution is 2.28. The smallest absolute Gasteiger partial charge is 0.387 e. The number of amides is 1. The lowest BCUT2D eigenvalue weighted by Gasteiger charge is -2.06. The van der Waals surface area contributed by atoms with Gasteiger partial charge in [0.05, 0.1) is 0 Å². The van der Waals surface area contributed by atoms with Crippen LogP contribution >= 0.6 is 0 Å². The molecular weight excluding hydrogens is 240 g/mol. The molecule has 1 N–H and O–H groups in total. The van der Waals surface area contributed by atoms with Crippen molar-refractivity contribution >= 4 is 5.91 Å². The SMILES string of the molecule is O=C(NCCc1ccc(OC(F)F)cc1)C1CC1. The minimum absolute atomic E-state index is 0.118. The van der Waals surface area contributed by atoms with Gasteiger partial charge in [-0.05, 0) is 37.0 Å². The Labute approximate surface area is 104 Å². The number of alkyl halides is 2. The number of benzene rings is 1. The summed E-state index contributed by atoms with van der Waals surface area (Å²) in [6, 6.07) is 6.45. The van der Waals surface area contributed by atoms with Gasteiger partial charge < -0.3 is 10.1 Å². The molecule has 0 aliphatic heterocycles. The average molecular weight is 255 g/mol. The van der Waals surface area contributed by atoms with Crippen LogP contribution < -0.4 is 10.1 Å².